The Kier molecular flexibility index (Phi) is 5.79. The van der Waals surface area contributed by atoms with Crippen LogP contribution in [-0.4, -0.2) is 27.7 Å². The Labute approximate surface area is 122 Å². The van der Waals surface area contributed by atoms with E-state index >= 15 is 0 Å². The van der Waals surface area contributed by atoms with E-state index in [1.807, 2.05) is 13.8 Å². The number of hydrogen-bond acceptors (Lipinski definition) is 4. The lowest BCUT2D eigenvalue weighted by atomic mass is 10.2. The first-order chi connectivity index (χ1) is 8.77. The third kappa shape index (κ3) is 4.45. The fourth-order valence-corrected chi connectivity index (χ4v) is 3.44. The molecule has 0 aliphatic rings. The molecule has 1 aromatic carbocycles. The molecule has 0 spiro atoms. The summed E-state index contributed by atoms with van der Waals surface area (Å²) in [6.45, 7) is 6.18. The van der Waals surface area contributed by atoms with E-state index in [1.165, 1.54) is 6.07 Å². The molecular weight excluding hydrogens is 332 g/mol. The minimum absolute atomic E-state index is 0.173. The molecule has 0 bridgehead atoms. The van der Waals surface area contributed by atoms with Gasteiger partial charge in [0, 0.05) is 23.3 Å². The quantitative estimate of drug-likeness (QED) is 0.769. The van der Waals surface area contributed by atoms with Gasteiger partial charge in [-0.15, -0.1) is 0 Å². The van der Waals surface area contributed by atoms with Gasteiger partial charge in [-0.3, -0.25) is 0 Å². The SMILES string of the molecule is CCOC(C)CNS(=O)(=O)c1cc(N)c(Br)cc1C. The molecule has 5 nitrogen and oxygen atoms in total. The summed E-state index contributed by atoms with van der Waals surface area (Å²) in [6, 6.07) is 3.14. The molecular formula is C12H19BrN2O3S. The molecule has 0 saturated carbocycles. The number of halogens is 1. The molecule has 0 fully saturated rings. The van der Waals surface area contributed by atoms with Crippen LogP contribution in [0.1, 0.15) is 19.4 Å². The van der Waals surface area contributed by atoms with Crippen molar-refractivity contribution in [3.05, 3.63) is 22.2 Å². The molecule has 0 saturated heterocycles. The molecule has 3 N–H and O–H groups in total. The molecule has 0 heterocycles. The van der Waals surface area contributed by atoms with Crippen LogP contribution in [0.2, 0.25) is 0 Å². The van der Waals surface area contributed by atoms with Gasteiger partial charge in [0.15, 0.2) is 0 Å². The van der Waals surface area contributed by atoms with Crippen molar-refractivity contribution in [2.24, 2.45) is 0 Å². The normalized spacial score (nSPS) is 13.5. The molecule has 1 unspecified atom stereocenters. The summed E-state index contributed by atoms with van der Waals surface area (Å²) in [4.78, 5) is 0.192. The Balaban J connectivity index is 2.92. The lowest BCUT2D eigenvalue weighted by Gasteiger charge is -2.14. The highest BCUT2D eigenvalue weighted by Crippen LogP contribution is 2.26. The van der Waals surface area contributed by atoms with Gasteiger partial charge in [-0.05, 0) is 54.4 Å². The molecule has 1 aromatic rings. The lowest BCUT2D eigenvalue weighted by Crippen LogP contribution is -2.32. The Bertz CT molecular complexity index is 546. The van der Waals surface area contributed by atoms with Crippen LogP contribution in [-0.2, 0) is 14.8 Å². The zero-order valence-electron chi connectivity index (χ0n) is 11.2. The van der Waals surface area contributed by atoms with Gasteiger partial charge in [0.1, 0.15) is 0 Å². The van der Waals surface area contributed by atoms with Crippen LogP contribution >= 0.6 is 15.9 Å². The van der Waals surface area contributed by atoms with Crippen LogP contribution in [0.15, 0.2) is 21.5 Å². The van der Waals surface area contributed by atoms with Crippen molar-refractivity contribution in [1.82, 2.24) is 4.72 Å². The molecule has 0 aromatic heterocycles. The predicted octanol–water partition coefficient (Wildman–Crippen LogP) is 2.04. The minimum atomic E-state index is -3.57. The van der Waals surface area contributed by atoms with E-state index in [0.29, 0.717) is 22.3 Å². The van der Waals surface area contributed by atoms with Crippen LogP contribution in [0, 0.1) is 6.92 Å². The second-order valence-electron chi connectivity index (χ2n) is 4.26. The Hall–Kier alpha value is -0.630. The van der Waals surface area contributed by atoms with Crippen molar-refractivity contribution in [3.63, 3.8) is 0 Å². The van der Waals surface area contributed by atoms with Gasteiger partial charge >= 0.3 is 0 Å². The Morgan fingerprint density at radius 1 is 1.47 bits per heavy atom. The van der Waals surface area contributed by atoms with Gasteiger partial charge in [0.05, 0.1) is 11.0 Å². The van der Waals surface area contributed by atoms with Gasteiger partial charge in [-0.1, -0.05) is 0 Å². The average molecular weight is 351 g/mol. The van der Waals surface area contributed by atoms with Gasteiger partial charge < -0.3 is 10.5 Å². The minimum Gasteiger partial charge on any atom is -0.398 e. The summed E-state index contributed by atoms with van der Waals surface area (Å²) in [6.07, 6.45) is -0.173. The maximum absolute atomic E-state index is 12.2. The maximum Gasteiger partial charge on any atom is 0.240 e. The van der Waals surface area contributed by atoms with Crippen molar-refractivity contribution in [2.75, 3.05) is 18.9 Å². The first-order valence-electron chi connectivity index (χ1n) is 5.94. The van der Waals surface area contributed by atoms with E-state index in [4.69, 9.17) is 10.5 Å². The number of anilines is 1. The fraction of sp³-hybridized carbons (Fsp3) is 0.500. The van der Waals surface area contributed by atoms with E-state index in [-0.39, 0.29) is 17.5 Å². The zero-order valence-corrected chi connectivity index (χ0v) is 13.6. The van der Waals surface area contributed by atoms with Gasteiger partial charge in [-0.25, -0.2) is 13.1 Å². The fourth-order valence-electron chi connectivity index (χ4n) is 1.61. The molecule has 1 atom stereocenters. The molecule has 1 rings (SSSR count). The number of sulfonamides is 1. The highest BCUT2D eigenvalue weighted by Gasteiger charge is 2.19. The third-order valence-corrected chi connectivity index (χ3v) is 4.85. The molecule has 19 heavy (non-hydrogen) atoms. The molecule has 7 heteroatoms. The maximum atomic E-state index is 12.2. The van der Waals surface area contributed by atoms with Gasteiger partial charge in [0.25, 0.3) is 0 Å². The topological polar surface area (TPSA) is 81.4 Å². The number of nitrogens with one attached hydrogen (secondary N) is 1. The molecule has 0 aliphatic heterocycles. The summed E-state index contributed by atoms with van der Waals surface area (Å²) >= 11 is 3.27. The second kappa shape index (κ2) is 6.69. The standard InChI is InChI=1S/C12H19BrN2O3S/c1-4-18-9(3)7-15-19(16,17)12-6-11(14)10(13)5-8(12)2/h5-6,9,15H,4,7,14H2,1-3H3. The smallest absolute Gasteiger partial charge is 0.240 e. The number of nitrogens with two attached hydrogens (primary N) is 1. The summed E-state index contributed by atoms with van der Waals surface area (Å²) < 4.78 is 32.9. The Morgan fingerprint density at radius 3 is 2.68 bits per heavy atom. The molecule has 0 amide bonds. The van der Waals surface area contributed by atoms with Crippen molar-refractivity contribution >= 4 is 31.6 Å². The third-order valence-electron chi connectivity index (χ3n) is 2.60. The first-order valence-corrected chi connectivity index (χ1v) is 8.22. The monoisotopic (exact) mass is 350 g/mol. The zero-order chi connectivity index (χ0) is 14.6. The van der Waals surface area contributed by atoms with Crippen LogP contribution in [0.5, 0.6) is 0 Å². The number of aryl methyl sites for hydroxylation is 1. The largest absolute Gasteiger partial charge is 0.398 e. The number of nitrogen functional groups attached to an aromatic ring is 1. The van der Waals surface area contributed by atoms with Crippen molar-refractivity contribution in [2.45, 2.75) is 31.8 Å². The average Bonchev–Trinajstić information content (AvgIpc) is 2.31. The van der Waals surface area contributed by atoms with Crippen molar-refractivity contribution in [3.8, 4) is 0 Å². The number of hydrogen-bond donors (Lipinski definition) is 2. The highest BCUT2D eigenvalue weighted by atomic mass is 79.9. The summed E-state index contributed by atoms with van der Waals surface area (Å²) in [5.41, 5.74) is 6.76. The van der Waals surface area contributed by atoms with Crippen LogP contribution in [0.4, 0.5) is 5.69 Å². The Morgan fingerprint density at radius 2 is 2.11 bits per heavy atom. The van der Waals surface area contributed by atoms with Crippen LogP contribution in [0.25, 0.3) is 0 Å². The molecule has 108 valence electrons. The van der Waals surface area contributed by atoms with E-state index in [9.17, 15) is 8.42 Å². The summed E-state index contributed by atoms with van der Waals surface area (Å²) in [5.74, 6) is 0. The number of rotatable bonds is 6. The molecule has 0 radical (unpaired) electrons. The van der Waals surface area contributed by atoms with Crippen LogP contribution < -0.4 is 10.5 Å². The van der Waals surface area contributed by atoms with Gasteiger partial charge in [-0.2, -0.15) is 0 Å². The van der Waals surface area contributed by atoms with Gasteiger partial charge in [0.2, 0.25) is 10.0 Å². The number of benzene rings is 1. The highest BCUT2D eigenvalue weighted by molar-refractivity contribution is 9.10. The second-order valence-corrected chi connectivity index (χ2v) is 6.85. The molecule has 0 aliphatic carbocycles. The van der Waals surface area contributed by atoms with E-state index in [2.05, 4.69) is 20.7 Å². The first kappa shape index (κ1) is 16.4. The summed E-state index contributed by atoms with van der Waals surface area (Å²) in [5, 5.41) is 0. The predicted molar refractivity (Wildman–Crippen MR) is 79.6 cm³/mol. The van der Waals surface area contributed by atoms with Crippen molar-refractivity contribution in [1.29, 1.82) is 0 Å². The lowest BCUT2D eigenvalue weighted by molar-refractivity contribution is 0.0799. The van der Waals surface area contributed by atoms with E-state index < -0.39 is 10.0 Å². The van der Waals surface area contributed by atoms with Crippen molar-refractivity contribution < 1.29 is 13.2 Å². The number of ether oxygens (including phenoxy) is 1. The van der Waals surface area contributed by atoms with E-state index in [1.54, 1.807) is 13.0 Å². The van der Waals surface area contributed by atoms with Crippen LogP contribution in [0.3, 0.4) is 0 Å². The summed E-state index contributed by atoms with van der Waals surface area (Å²) in [7, 11) is -3.57. The van der Waals surface area contributed by atoms with E-state index in [0.717, 1.165) is 0 Å².